The minimum Gasteiger partial charge on any atom is -0.449 e. The molecule has 0 saturated heterocycles. The Morgan fingerprint density at radius 1 is 1.14 bits per heavy atom. The zero-order chi connectivity index (χ0) is 16.9. The molecule has 1 aromatic carbocycles. The maximum absolute atomic E-state index is 11.9. The number of hydrogen-bond acceptors (Lipinski definition) is 4. The average Bonchev–Trinajstić information content (AvgIpc) is 2.36. The standard InChI is InChI=1S/C15H21N3O4/c1-9(12(19)18-15(2,3)4)22-13(20)10-5-7-11(8-6-10)17-14(16)21/h5-9H,1-4H3,(H,18,19)(H3,16,17,21)/t9-/m1/s1. The second-order valence-electron chi connectivity index (χ2n) is 5.85. The van der Waals surface area contributed by atoms with Gasteiger partial charge in [0.15, 0.2) is 6.10 Å². The van der Waals surface area contributed by atoms with Gasteiger partial charge in [-0.25, -0.2) is 9.59 Å². The lowest BCUT2D eigenvalue weighted by Gasteiger charge is -2.23. The SMILES string of the molecule is C[C@@H](OC(=O)c1ccc(NC(N)=O)cc1)C(=O)NC(C)(C)C. The molecule has 0 aliphatic rings. The van der Waals surface area contributed by atoms with Crippen molar-refractivity contribution >= 4 is 23.6 Å². The minimum absolute atomic E-state index is 0.269. The van der Waals surface area contributed by atoms with Crippen LogP contribution in [0.4, 0.5) is 10.5 Å². The van der Waals surface area contributed by atoms with Gasteiger partial charge < -0.3 is 21.1 Å². The summed E-state index contributed by atoms with van der Waals surface area (Å²) in [6.45, 7) is 7.01. The molecule has 0 spiro atoms. The van der Waals surface area contributed by atoms with Crippen molar-refractivity contribution in [2.24, 2.45) is 5.73 Å². The number of urea groups is 1. The number of primary amides is 1. The zero-order valence-electron chi connectivity index (χ0n) is 13.1. The van der Waals surface area contributed by atoms with E-state index in [1.54, 1.807) is 0 Å². The van der Waals surface area contributed by atoms with E-state index in [9.17, 15) is 14.4 Å². The van der Waals surface area contributed by atoms with Gasteiger partial charge in [0.05, 0.1) is 5.56 Å². The van der Waals surface area contributed by atoms with Gasteiger partial charge >= 0.3 is 12.0 Å². The second-order valence-corrected chi connectivity index (χ2v) is 5.85. The first-order valence-corrected chi connectivity index (χ1v) is 6.78. The molecule has 0 heterocycles. The lowest BCUT2D eigenvalue weighted by molar-refractivity contribution is -0.130. The Morgan fingerprint density at radius 2 is 1.68 bits per heavy atom. The smallest absolute Gasteiger partial charge is 0.338 e. The Bertz CT molecular complexity index is 561. The summed E-state index contributed by atoms with van der Waals surface area (Å²) in [5.41, 5.74) is 5.31. The fraction of sp³-hybridized carbons (Fsp3) is 0.400. The molecule has 120 valence electrons. The molecule has 0 bridgehead atoms. The number of nitrogens with two attached hydrogens (primary N) is 1. The predicted octanol–water partition coefficient (Wildman–Crippen LogP) is 1.64. The van der Waals surface area contributed by atoms with Crippen LogP contribution in [0.2, 0.25) is 0 Å². The average molecular weight is 307 g/mol. The molecule has 0 aliphatic heterocycles. The van der Waals surface area contributed by atoms with Gasteiger partial charge in [-0.05, 0) is 52.0 Å². The third kappa shape index (κ3) is 5.82. The maximum Gasteiger partial charge on any atom is 0.338 e. The van der Waals surface area contributed by atoms with Crippen LogP contribution >= 0.6 is 0 Å². The molecule has 1 atom stereocenters. The highest BCUT2D eigenvalue weighted by molar-refractivity contribution is 5.93. The maximum atomic E-state index is 11.9. The van der Waals surface area contributed by atoms with Gasteiger partial charge in [-0.3, -0.25) is 4.79 Å². The van der Waals surface area contributed by atoms with Crippen LogP contribution in [0.15, 0.2) is 24.3 Å². The molecule has 22 heavy (non-hydrogen) atoms. The highest BCUT2D eigenvalue weighted by atomic mass is 16.5. The summed E-state index contributed by atoms with van der Waals surface area (Å²) in [6.07, 6.45) is -0.907. The van der Waals surface area contributed by atoms with Crippen molar-refractivity contribution in [3.63, 3.8) is 0 Å². The van der Waals surface area contributed by atoms with Crippen LogP contribution in [0.5, 0.6) is 0 Å². The molecule has 0 aliphatic carbocycles. The quantitative estimate of drug-likeness (QED) is 0.734. The van der Waals surface area contributed by atoms with E-state index in [0.717, 1.165) is 0 Å². The summed E-state index contributed by atoms with van der Waals surface area (Å²) in [4.78, 5) is 34.5. The molecule has 7 heteroatoms. The van der Waals surface area contributed by atoms with Crippen molar-refractivity contribution in [1.29, 1.82) is 0 Å². The number of esters is 1. The van der Waals surface area contributed by atoms with E-state index >= 15 is 0 Å². The Hall–Kier alpha value is -2.57. The minimum atomic E-state index is -0.907. The zero-order valence-corrected chi connectivity index (χ0v) is 13.1. The van der Waals surface area contributed by atoms with Crippen molar-refractivity contribution < 1.29 is 19.1 Å². The third-order valence-corrected chi connectivity index (χ3v) is 2.54. The molecule has 3 amide bonds. The van der Waals surface area contributed by atoms with Gasteiger partial charge in [-0.2, -0.15) is 0 Å². The van der Waals surface area contributed by atoms with Crippen molar-refractivity contribution in [2.75, 3.05) is 5.32 Å². The number of carbonyl (C=O) groups is 3. The molecule has 4 N–H and O–H groups in total. The highest BCUT2D eigenvalue weighted by Crippen LogP contribution is 2.11. The van der Waals surface area contributed by atoms with E-state index in [1.165, 1.54) is 31.2 Å². The van der Waals surface area contributed by atoms with Crippen LogP contribution in [-0.4, -0.2) is 29.6 Å². The van der Waals surface area contributed by atoms with E-state index in [0.29, 0.717) is 5.69 Å². The summed E-state index contributed by atoms with van der Waals surface area (Å²) in [5.74, 6) is -0.991. The van der Waals surface area contributed by atoms with Gasteiger partial charge in [0, 0.05) is 11.2 Å². The molecule has 0 unspecified atom stereocenters. The molecule has 0 saturated carbocycles. The van der Waals surface area contributed by atoms with Crippen LogP contribution in [-0.2, 0) is 9.53 Å². The Kier molecular flexibility index (Phi) is 5.50. The predicted molar refractivity (Wildman–Crippen MR) is 82.4 cm³/mol. The fourth-order valence-corrected chi connectivity index (χ4v) is 1.59. The van der Waals surface area contributed by atoms with Gasteiger partial charge in [-0.1, -0.05) is 0 Å². The van der Waals surface area contributed by atoms with Gasteiger partial charge in [-0.15, -0.1) is 0 Å². The normalized spacial score (nSPS) is 12.2. The molecule has 7 nitrogen and oxygen atoms in total. The van der Waals surface area contributed by atoms with Crippen LogP contribution < -0.4 is 16.4 Å². The highest BCUT2D eigenvalue weighted by Gasteiger charge is 2.22. The van der Waals surface area contributed by atoms with Gasteiger partial charge in [0.2, 0.25) is 0 Å². The Morgan fingerprint density at radius 3 is 2.14 bits per heavy atom. The van der Waals surface area contributed by atoms with Crippen LogP contribution in [0, 0.1) is 0 Å². The number of hydrogen-bond donors (Lipinski definition) is 3. The van der Waals surface area contributed by atoms with Crippen LogP contribution in [0.1, 0.15) is 38.1 Å². The van der Waals surface area contributed by atoms with Crippen molar-refractivity contribution in [3.05, 3.63) is 29.8 Å². The van der Waals surface area contributed by atoms with Crippen LogP contribution in [0.3, 0.4) is 0 Å². The van der Waals surface area contributed by atoms with Gasteiger partial charge in [0.1, 0.15) is 0 Å². The molecular weight excluding hydrogens is 286 g/mol. The largest absolute Gasteiger partial charge is 0.449 e. The molecule has 1 aromatic rings. The number of anilines is 1. The lowest BCUT2D eigenvalue weighted by atomic mass is 10.1. The fourth-order valence-electron chi connectivity index (χ4n) is 1.59. The lowest BCUT2D eigenvalue weighted by Crippen LogP contribution is -2.46. The van der Waals surface area contributed by atoms with Crippen molar-refractivity contribution in [3.8, 4) is 0 Å². The molecule has 0 aromatic heterocycles. The summed E-state index contributed by atoms with van der Waals surface area (Å²) in [7, 11) is 0. The van der Waals surface area contributed by atoms with E-state index in [-0.39, 0.29) is 11.5 Å². The third-order valence-electron chi connectivity index (χ3n) is 2.54. The summed E-state index contributed by atoms with van der Waals surface area (Å²) < 4.78 is 5.10. The summed E-state index contributed by atoms with van der Waals surface area (Å²) >= 11 is 0. The molecule has 0 fully saturated rings. The molecule has 1 rings (SSSR count). The van der Waals surface area contributed by atoms with E-state index in [2.05, 4.69) is 10.6 Å². The topological polar surface area (TPSA) is 111 Å². The summed E-state index contributed by atoms with van der Waals surface area (Å²) in [5, 5.41) is 5.11. The summed E-state index contributed by atoms with van der Waals surface area (Å²) in [6, 6.07) is 5.29. The Balaban J connectivity index is 2.64. The van der Waals surface area contributed by atoms with Crippen molar-refractivity contribution in [2.45, 2.75) is 39.3 Å². The molecule has 0 radical (unpaired) electrons. The van der Waals surface area contributed by atoms with E-state index < -0.39 is 23.6 Å². The number of rotatable bonds is 4. The van der Waals surface area contributed by atoms with Crippen molar-refractivity contribution in [1.82, 2.24) is 5.32 Å². The van der Waals surface area contributed by atoms with Gasteiger partial charge in [0.25, 0.3) is 5.91 Å². The van der Waals surface area contributed by atoms with Crippen LogP contribution in [0.25, 0.3) is 0 Å². The monoisotopic (exact) mass is 307 g/mol. The number of ether oxygens (including phenoxy) is 1. The van der Waals surface area contributed by atoms with E-state index in [1.807, 2.05) is 20.8 Å². The first-order chi connectivity index (χ1) is 10.1. The first kappa shape index (κ1) is 17.5. The second kappa shape index (κ2) is 6.93. The number of nitrogens with one attached hydrogen (secondary N) is 2. The Labute approximate surface area is 129 Å². The number of carbonyl (C=O) groups excluding carboxylic acids is 3. The number of amides is 3. The molecular formula is C15H21N3O4. The number of benzene rings is 1. The van der Waals surface area contributed by atoms with E-state index in [4.69, 9.17) is 10.5 Å². The first-order valence-electron chi connectivity index (χ1n) is 6.78.